The summed E-state index contributed by atoms with van der Waals surface area (Å²) in [6.45, 7) is 1.72. The van der Waals surface area contributed by atoms with Crippen LogP contribution in [0.4, 0.5) is 4.39 Å². The van der Waals surface area contributed by atoms with Gasteiger partial charge in [-0.1, -0.05) is 0 Å². The number of aromatic amines is 1. The average molecular weight is 239 g/mol. The lowest BCUT2D eigenvalue weighted by Crippen LogP contribution is -2.00. The van der Waals surface area contributed by atoms with E-state index < -0.39 is 5.97 Å². The van der Waals surface area contributed by atoms with Crippen molar-refractivity contribution in [2.75, 3.05) is 7.11 Å². The van der Waals surface area contributed by atoms with Gasteiger partial charge in [0.1, 0.15) is 11.5 Å². The van der Waals surface area contributed by atoms with Gasteiger partial charge < -0.3 is 9.72 Å². The number of hydrogen-bond donors (Lipinski definition) is 1. The second-order valence-corrected chi connectivity index (χ2v) is 4.55. The molecule has 1 N–H and O–H groups in total. The molecule has 16 heavy (non-hydrogen) atoms. The van der Waals surface area contributed by atoms with Crippen LogP contribution in [0.1, 0.15) is 15.4 Å². The molecule has 0 aliphatic carbocycles. The first-order valence-corrected chi connectivity index (χ1v) is 5.47. The molecule has 2 rings (SSSR count). The molecular weight excluding hydrogens is 229 g/mol. The third-order valence-electron chi connectivity index (χ3n) is 2.21. The third-order valence-corrected chi connectivity index (χ3v) is 3.27. The number of carbonyl (C=O) groups is 1. The number of thiophene rings is 1. The molecule has 0 spiro atoms. The first-order chi connectivity index (χ1) is 7.61. The zero-order valence-corrected chi connectivity index (χ0v) is 9.65. The maximum atomic E-state index is 13.2. The molecule has 3 nitrogen and oxygen atoms in total. The number of H-pyrrole nitrogens is 1. The molecule has 0 aromatic carbocycles. The molecule has 2 aromatic heterocycles. The van der Waals surface area contributed by atoms with Gasteiger partial charge in [0, 0.05) is 4.88 Å². The Balaban J connectivity index is 2.35. The zero-order chi connectivity index (χ0) is 11.7. The normalized spacial score (nSPS) is 10.4. The molecule has 0 fully saturated rings. The van der Waals surface area contributed by atoms with E-state index in [1.54, 1.807) is 19.1 Å². The molecule has 2 heterocycles. The Bertz CT molecular complexity index is 510. The van der Waals surface area contributed by atoms with Crippen LogP contribution in [-0.2, 0) is 4.74 Å². The van der Waals surface area contributed by atoms with Gasteiger partial charge in [0.25, 0.3) is 0 Å². The number of halogens is 1. The fourth-order valence-corrected chi connectivity index (χ4v) is 2.24. The summed E-state index contributed by atoms with van der Waals surface area (Å²) in [5.74, 6) is -0.658. The Labute approximate surface area is 95.9 Å². The predicted molar refractivity (Wildman–Crippen MR) is 60.1 cm³/mol. The number of methoxy groups -OCH3 is 1. The number of nitrogens with one attached hydrogen (secondary N) is 1. The summed E-state index contributed by atoms with van der Waals surface area (Å²) in [7, 11) is 1.32. The Kier molecular flexibility index (Phi) is 2.78. The number of carbonyl (C=O) groups excluding carboxylic acids is 1. The summed E-state index contributed by atoms with van der Waals surface area (Å²) in [4.78, 5) is 15.5. The van der Waals surface area contributed by atoms with Crippen molar-refractivity contribution in [3.8, 4) is 10.6 Å². The van der Waals surface area contributed by atoms with Gasteiger partial charge in [0.2, 0.25) is 0 Å². The quantitative estimate of drug-likeness (QED) is 0.818. The number of hydrogen-bond acceptors (Lipinski definition) is 3. The maximum absolute atomic E-state index is 13.2. The van der Waals surface area contributed by atoms with E-state index in [1.165, 1.54) is 24.5 Å². The molecule has 0 saturated carbocycles. The van der Waals surface area contributed by atoms with Crippen LogP contribution in [0.5, 0.6) is 0 Å². The topological polar surface area (TPSA) is 42.1 Å². The van der Waals surface area contributed by atoms with Gasteiger partial charge in [0.05, 0.1) is 17.7 Å². The van der Waals surface area contributed by atoms with Gasteiger partial charge in [-0.05, 0) is 25.1 Å². The summed E-state index contributed by atoms with van der Waals surface area (Å²) in [5, 5.41) is 0. The second-order valence-electron chi connectivity index (χ2n) is 3.29. The van der Waals surface area contributed by atoms with Crippen molar-refractivity contribution in [3.05, 3.63) is 34.6 Å². The van der Waals surface area contributed by atoms with E-state index in [1.807, 2.05) is 0 Å². The molecule has 0 amide bonds. The SMILES string of the molecule is COC(=O)c1ccc(-c2cc(F)c(C)s2)[nH]1. The van der Waals surface area contributed by atoms with Gasteiger partial charge in [-0.15, -0.1) is 11.3 Å². The average Bonchev–Trinajstić information content (AvgIpc) is 2.86. The van der Waals surface area contributed by atoms with E-state index in [0.29, 0.717) is 10.6 Å². The number of aromatic nitrogens is 1. The number of ether oxygens (including phenoxy) is 1. The first kappa shape index (κ1) is 10.9. The lowest BCUT2D eigenvalue weighted by molar-refractivity contribution is 0.0595. The Morgan fingerprint density at radius 1 is 1.50 bits per heavy atom. The smallest absolute Gasteiger partial charge is 0.354 e. The molecule has 0 unspecified atom stereocenters. The van der Waals surface area contributed by atoms with E-state index in [2.05, 4.69) is 9.72 Å². The standard InChI is InChI=1S/C11H10FNO2S/c1-6-7(12)5-10(16-6)8-3-4-9(13-8)11(14)15-2/h3-5,13H,1-2H3. The Hall–Kier alpha value is -1.62. The molecule has 0 saturated heterocycles. The van der Waals surface area contributed by atoms with Crippen LogP contribution in [0.3, 0.4) is 0 Å². The minimum atomic E-state index is -0.431. The van der Waals surface area contributed by atoms with E-state index in [0.717, 1.165) is 10.6 Å². The number of esters is 1. The molecule has 0 aliphatic rings. The lowest BCUT2D eigenvalue weighted by atomic mass is 10.3. The van der Waals surface area contributed by atoms with Crippen LogP contribution >= 0.6 is 11.3 Å². The van der Waals surface area contributed by atoms with Crippen molar-refractivity contribution < 1.29 is 13.9 Å². The predicted octanol–water partition coefficient (Wildman–Crippen LogP) is 2.98. The van der Waals surface area contributed by atoms with Gasteiger partial charge in [0.15, 0.2) is 0 Å². The molecule has 0 atom stereocenters. The molecule has 0 radical (unpaired) electrons. The lowest BCUT2D eigenvalue weighted by Gasteiger charge is -1.94. The summed E-state index contributed by atoms with van der Waals surface area (Å²) in [6.07, 6.45) is 0. The van der Waals surface area contributed by atoms with Crippen LogP contribution in [0, 0.1) is 12.7 Å². The van der Waals surface area contributed by atoms with Gasteiger partial charge in [-0.25, -0.2) is 9.18 Å². The highest BCUT2D eigenvalue weighted by atomic mass is 32.1. The Morgan fingerprint density at radius 2 is 2.25 bits per heavy atom. The van der Waals surface area contributed by atoms with Crippen molar-refractivity contribution in [1.29, 1.82) is 0 Å². The van der Waals surface area contributed by atoms with E-state index in [9.17, 15) is 9.18 Å². The van der Waals surface area contributed by atoms with Crippen LogP contribution < -0.4 is 0 Å². The van der Waals surface area contributed by atoms with E-state index in [4.69, 9.17) is 0 Å². The number of rotatable bonds is 2. The van der Waals surface area contributed by atoms with Crippen molar-refractivity contribution in [1.82, 2.24) is 4.98 Å². The molecule has 0 aliphatic heterocycles. The number of aryl methyl sites for hydroxylation is 1. The van der Waals surface area contributed by atoms with Crippen molar-refractivity contribution in [3.63, 3.8) is 0 Å². The third kappa shape index (κ3) is 1.86. The highest BCUT2D eigenvalue weighted by molar-refractivity contribution is 7.15. The van der Waals surface area contributed by atoms with Gasteiger partial charge >= 0.3 is 5.97 Å². The summed E-state index contributed by atoms with van der Waals surface area (Å²) in [6, 6.07) is 4.80. The summed E-state index contributed by atoms with van der Waals surface area (Å²) in [5.41, 5.74) is 1.08. The largest absolute Gasteiger partial charge is 0.464 e. The highest BCUT2D eigenvalue weighted by Gasteiger charge is 2.12. The minimum absolute atomic E-state index is 0.228. The maximum Gasteiger partial charge on any atom is 0.354 e. The fraction of sp³-hybridized carbons (Fsp3) is 0.182. The molecule has 2 aromatic rings. The minimum Gasteiger partial charge on any atom is -0.464 e. The zero-order valence-electron chi connectivity index (χ0n) is 8.83. The summed E-state index contributed by atoms with van der Waals surface area (Å²) >= 11 is 1.34. The van der Waals surface area contributed by atoms with Gasteiger partial charge in [-0.3, -0.25) is 0 Å². The van der Waals surface area contributed by atoms with E-state index >= 15 is 0 Å². The highest BCUT2D eigenvalue weighted by Crippen LogP contribution is 2.29. The van der Waals surface area contributed by atoms with Crippen LogP contribution in [0.15, 0.2) is 18.2 Å². The first-order valence-electron chi connectivity index (χ1n) is 4.65. The van der Waals surface area contributed by atoms with E-state index in [-0.39, 0.29) is 5.82 Å². The monoisotopic (exact) mass is 239 g/mol. The second kappa shape index (κ2) is 4.09. The van der Waals surface area contributed by atoms with Crippen molar-refractivity contribution >= 4 is 17.3 Å². The molecular formula is C11H10FNO2S. The van der Waals surface area contributed by atoms with Crippen molar-refractivity contribution in [2.45, 2.75) is 6.92 Å². The van der Waals surface area contributed by atoms with Crippen molar-refractivity contribution in [2.24, 2.45) is 0 Å². The van der Waals surface area contributed by atoms with Crippen LogP contribution in [-0.4, -0.2) is 18.1 Å². The molecule has 5 heteroatoms. The van der Waals surface area contributed by atoms with Crippen LogP contribution in [0.2, 0.25) is 0 Å². The fourth-order valence-electron chi connectivity index (χ4n) is 1.36. The Morgan fingerprint density at radius 3 is 2.81 bits per heavy atom. The summed E-state index contributed by atoms with van der Waals surface area (Å²) < 4.78 is 17.7. The van der Waals surface area contributed by atoms with Gasteiger partial charge in [-0.2, -0.15) is 0 Å². The van der Waals surface area contributed by atoms with Crippen LogP contribution in [0.25, 0.3) is 10.6 Å². The molecule has 84 valence electrons. The molecule has 0 bridgehead atoms.